The Kier molecular flexibility index (Phi) is 1.79. The highest BCUT2D eigenvalue weighted by molar-refractivity contribution is 5.09. The van der Waals surface area contributed by atoms with E-state index >= 15 is 0 Å². The van der Waals surface area contributed by atoms with Crippen molar-refractivity contribution in [1.82, 2.24) is 0 Å². The molecule has 0 radical (unpaired) electrons. The highest BCUT2D eigenvalue weighted by Crippen LogP contribution is 2.60. The third-order valence-electron chi connectivity index (χ3n) is 5.22. The van der Waals surface area contributed by atoms with Crippen molar-refractivity contribution in [2.24, 2.45) is 28.9 Å². The lowest BCUT2D eigenvalue weighted by Gasteiger charge is -2.61. The summed E-state index contributed by atoms with van der Waals surface area (Å²) in [4.78, 5) is 0. The molecule has 4 aliphatic rings. The highest BCUT2D eigenvalue weighted by Gasteiger charge is 2.57. The Morgan fingerprint density at radius 1 is 1.21 bits per heavy atom. The second-order valence-corrected chi connectivity index (χ2v) is 6.07. The molecule has 3 N–H and O–H groups in total. The molecule has 0 heterocycles. The van der Waals surface area contributed by atoms with Crippen LogP contribution in [0, 0.1) is 23.2 Å². The summed E-state index contributed by atoms with van der Waals surface area (Å²) in [5.41, 5.74) is 6.21. The fraction of sp³-hybridized carbons (Fsp3) is 1.00. The first-order chi connectivity index (χ1) is 6.62. The van der Waals surface area contributed by atoms with Crippen molar-refractivity contribution in [2.45, 2.75) is 51.2 Å². The van der Waals surface area contributed by atoms with Crippen molar-refractivity contribution in [1.29, 1.82) is 0 Å². The lowest BCUT2D eigenvalue weighted by Crippen LogP contribution is -2.61. The normalized spacial score (nSPS) is 57.6. The van der Waals surface area contributed by atoms with E-state index in [9.17, 15) is 5.11 Å². The molecule has 3 unspecified atom stereocenters. The van der Waals surface area contributed by atoms with Gasteiger partial charge in [-0.25, -0.2) is 0 Å². The zero-order valence-electron chi connectivity index (χ0n) is 8.95. The van der Waals surface area contributed by atoms with E-state index in [4.69, 9.17) is 5.73 Å². The number of rotatable bonds is 1. The minimum atomic E-state index is -0.102. The van der Waals surface area contributed by atoms with Crippen molar-refractivity contribution >= 4 is 0 Å². The maximum absolute atomic E-state index is 10.4. The van der Waals surface area contributed by atoms with E-state index in [1.807, 2.05) is 0 Å². The summed E-state index contributed by atoms with van der Waals surface area (Å²) in [6.45, 7) is 2.09. The molecule has 4 saturated carbocycles. The summed E-state index contributed by atoms with van der Waals surface area (Å²) in [5.74, 6) is 2.33. The number of aliphatic hydroxyl groups is 1. The molecular formula is C12H21NO. The zero-order chi connectivity index (χ0) is 9.92. The Morgan fingerprint density at radius 2 is 1.79 bits per heavy atom. The first-order valence-corrected chi connectivity index (χ1v) is 6.05. The quantitative estimate of drug-likeness (QED) is 0.666. The van der Waals surface area contributed by atoms with Gasteiger partial charge in [0.15, 0.2) is 0 Å². The SMILES string of the molecule is CC(N)C12C[C@@H]3CC(C[C@@H](C3)C1)[C@@H]2O. The molecule has 4 aliphatic carbocycles. The lowest BCUT2D eigenvalue weighted by molar-refractivity contribution is -0.163. The van der Waals surface area contributed by atoms with Gasteiger partial charge in [-0.3, -0.25) is 0 Å². The molecule has 4 rings (SSSR count). The van der Waals surface area contributed by atoms with Gasteiger partial charge in [-0.05, 0) is 56.8 Å². The summed E-state index contributed by atoms with van der Waals surface area (Å²) < 4.78 is 0. The molecule has 80 valence electrons. The average molecular weight is 195 g/mol. The van der Waals surface area contributed by atoms with Crippen LogP contribution in [0.1, 0.15) is 39.0 Å². The summed E-state index contributed by atoms with van der Waals surface area (Å²) in [6, 6.07) is 0.172. The molecule has 4 bridgehead atoms. The smallest absolute Gasteiger partial charge is 0.0639 e. The number of aliphatic hydroxyl groups excluding tert-OH is 1. The Bertz CT molecular complexity index is 237. The predicted octanol–water partition coefficient (Wildman–Crippen LogP) is 1.52. The Balaban J connectivity index is 1.97. The zero-order valence-corrected chi connectivity index (χ0v) is 8.95. The van der Waals surface area contributed by atoms with Gasteiger partial charge in [0.25, 0.3) is 0 Å². The van der Waals surface area contributed by atoms with E-state index in [-0.39, 0.29) is 17.6 Å². The fourth-order valence-electron chi connectivity index (χ4n) is 4.72. The second-order valence-electron chi connectivity index (χ2n) is 6.07. The number of hydrogen-bond acceptors (Lipinski definition) is 2. The van der Waals surface area contributed by atoms with Crippen molar-refractivity contribution in [2.75, 3.05) is 0 Å². The molecule has 0 spiro atoms. The minimum Gasteiger partial charge on any atom is -0.392 e. The summed E-state index contributed by atoms with van der Waals surface area (Å²) in [7, 11) is 0. The van der Waals surface area contributed by atoms with E-state index in [2.05, 4.69) is 6.92 Å². The van der Waals surface area contributed by atoms with E-state index in [0.717, 1.165) is 11.8 Å². The summed E-state index contributed by atoms with van der Waals surface area (Å²) in [6.07, 6.45) is 6.24. The summed E-state index contributed by atoms with van der Waals surface area (Å²) in [5, 5.41) is 10.4. The molecule has 0 aromatic carbocycles. The van der Waals surface area contributed by atoms with E-state index in [1.54, 1.807) is 0 Å². The van der Waals surface area contributed by atoms with E-state index in [1.165, 1.54) is 32.1 Å². The average Bonchev–Trinajstić information content (AvgIpc) is 2.12. The van der Waals surface area contributed by atoms with Crippen LogP contribution in [0.3, 0.4) is 0 Å². The van der Waals surface area contributed by atoms with E-state index in [0.29, 0.717) is 5.92 Å². The topological polar surface area (TPSA) is 46.2 Å². The molecule has 2 heteroatoms. The van der Waals surface area contributed by atoms with Gasteiger partial charge in [-0.1, -0.05) is 0 Å². The molecule has 14 heavy (non-hydrogen) atoms. The van der Waals surface area contributed by atoms with Gasteiger partial charge in [0.1, 0.15) is 0 Å². The standard InChI is InChI=1S/C12H21NO/c1-7(13)12-5-8-2-9(6-12)4-10(3-8)11(12)14/h7-11,14H,2-6,13H2,1H3/t7?,8-,9+,10?,11-,12?/m0/s1. The third-order valence-corrected chi connectivity index (χ3v) is 5.22. The predicted molar refractivity (Wildman–Crippen MR) is 55.6 cm³/mol. The maximum Gasteiger partial charge on any atom is 0.0639 e. The Labute approximate surface area is 85.9 Å². The first-order valence-electron chi connectivity index (χ1n) is 6.05. The van der Waals surface area contributed by atoms with E-state index < -0.39 is 0 Å². The van der Waals surface area contributed by atoms with Crippen molar-refractivity contribution < 1.29 is 5.11 Å². The summed E-state index contributed by atoms with van der Waals surface area (Å²) >= 11 is 0. The maximum atomic E-state index is 10.4. The molecule has 0 aromatic heterocycles. The molecule has 6 atom stereocenters. The van der Waals surface area contributed by atoms with Crippen LogP contribution in [0.15, 0.2) is 0 Å². The fourth-order valence-corrected chi connectivity index (χ4v) is 4.72. The molecule has 4 fully saturated rings. The van der Waals surface area contributed by atoms with Crippen LogP contribution in [-0.4, -0.2) is 17.3 Å². The van der Waals surface area contributed by atoms with Gasteiger partial charge in [0.05, 0.1) is 6.10 Å². The largest absolute Gasteiger partial charge is 0.392 e. The van der Waals surface area contributed by atoms with Crippen molar-refractivity contribution in [3.63, 3.8) is 0 Å². The van der Waals surface area contributed by atoms with Gasteiger partial charge in [0.2, 0.25) is 0 Å². The van der Waals surface area contributed by atoms with Crippen LogP contribution in [0.25, 0.3) is 0 Å². The van der Waals surface area contributed by atoms with Crippen molar-refractivity contribution in [3.8, 4) is 0 Å². The third kappa shape index (κ3) is 0.989. The van der Waals surface area contributed by atoms with Crippen LogP contribution >= 0.6 is 0 Å². The minimum absolute atomic E-state index is 0.0920. The molecule has 0 aliphatic heterocycles. The monoisotopic (exact) mass is 195 g/mol. The van der Waals surface area contributed by atoms with Crippen LogP contribution in [0.5, 0.6) is 0 Å². The molecule has 2 nitrogen and oxygen atoms in total. The molecular weight excluding hydrogens is 174 g/mol. The van der Waals surface area contributed by atoms with Crippen molar-refractivity contribution in [3.05, 3.63) is 0 Å². The molecule has 0 saturated heterocycles. The number of nitrogens with two attached hydrogens (primary N) is 1. The first kappa shape index (κ1) is 9.17. The molecule has 0 amide bonds. The Morgan fingerprint density at radius 3 is 2.29 bits per heavy atom. The van der Waals surface area contributed by atoms with Crippen LogP contribution < -0.4 is 5.73 Å². The number of hydrogen-bond donors (Lipinski definition) is 2. The van der Waals surface area contributed by atoms with Crippen LogP contribution in [0.4, 0.5) is 0 Å². The van der Waals surface area contributed by atoms with Gasteiger partial charge in [0, 0.05) is 11.5 Å². The molecule has 0 aromatic rings. The highest BCUT2D eigenvalue weighted by atomic mass is 16.3. The van der Waals surface area contributed by atoms with Crippen LogP contribution in [-0.2, 0) is 0 Å². The van der Waals surface area contributed by atoms with Gasteiger partial charge < -0.3 is 10.8 Å². The second kappa shape index (κ2) is 2.73. The Hall–Kier alpha value is -0.0800. The van der Waals surface area contributed by atoms with Gasteiger partial charge >= 0.3 is 0 Å². The lowest BCUT2D eigenvalue weighted by atomic mass is 9.46. The van der Waals surface area contributed by atoms with Crippen LogP contribution in [0.2, 0.25) is 0 Å². The van der Waals surface area contributed by atoms with Gasteiger partial charge in [-0.2, -0.15) is 0 Å². The van der Waals surface area contributed by atoms with Gasteiger partial charge in [-0.15, -0.1) is 0 Å².